The van der Waals surface area contributed by atoms with Crippen LogP contribution in [0.3, 0.4) is 0 Å². The van der Waals surface area contributed by atoms with Gasteiger partial charge in [0, 0.05) is 19.0 Å². The summed E-state index contributed by atoms with van der Waals surface area (Å²) in [6.45, 7) is 10.6. The van der Waals surface area contributed by atoms with Crippen molar-refractivity contribution in [3.63, 3.8) is 0 Å². The lowest BCUT2D eigenvalue weighted by atomic mass is 9.91. The number of benzene rings is 1. The molecule has 1 aromatic rings. The van der Waals surface area contributed by atoms with Gasteiger partial charge in [-0.1, -0.05) is 60.4 Å². The zero-order chi connectivity index (χ0) is 30.9. The average molecular weight is 582 g/mol. The van der Waals surface area contributed by atoms with Gasteiger partial charge in [-0.15, -0.1) is 0 Å². The number of aromatic hydroxyl groups is 1. The Bertz CT molecular complexity index is 1130. The largest absolute Gasteiger partial charge is 0.507 e. The van der Waals surface area contributed by atoms with E-state index in [0.29, 0.717) is 12.8 Å². The lowest BCUT2D eigenvalue weighted by Gasteiger charge is -2.25. The monoisotopic (exact) mass is 581 g/mol. The van der Waals surface area contributed by atoms with E-state index in [1.54, 1.807) is 12.1 Å². The number of nitrogens with one attached hydrogen (secondary N) is 1. The standard InChI is InChI=1S/C35H51NO6/c1-25(2)12-8-13-26(3)14-9-15-27(4)21-23-41-35(40)36-22-11-19-30-24-32(38)28(5)16-6-7-17-29-18-10-20-31(37)33(29)34(39)42-30/h10-12,14,18,20-22,28,30,32,37-38H,6-9,13,15-17,19,23-24H2,1-5H3,(H,36,40)/b22-11+,26-14+,27-21+. The van der Waals surface area contributed by atoms with Crippen molar-refractivity contribution in [1.82, 2.24) is 5.32 Å². The smallest absolute Gasteiger partial charge is 0.411 e. The molecular formula is C35H51NO6. The summed E-state index contributed by atoms with van der Waals surface area (Å²) >= 11 is 0. The molecule has 1 amide bonds. The molecule has 2 rings (SSSR count). The first kappa shape index (κ1) is 34.9. The van der Waals surface area contributed by atoms with E-state index in [1.807, 2.05) is 26.0 Å². The number of hydrogen-bond donors (Lipinski definition) is 3. The summed E-state index contributed by atoms with van der Waals surface area (Å²) in [6, 6.07) is 5.05. The lowest BCUT2D eigenvalue weighted by Crippen LogP contribution is -2.28. The first-order valence-electron chi connectivity index (χ1n) is 15.3. The van der Waals surface area contributed by atoms with E-state index in [1.165, 1.54) is 23.4 Å². The van der Waals surface area contributed by atoms with E-state index >= 15 is 0 Å². The van der Waals surface area contributed by atoms with Gasteiger partial charge in [0.2, 0.25) is 0 Å². The fourth-order valence-corrected chi connectivity index (χ4v) is 4.90. The zero-order valence-electron chi connectivity index (χ0n) is 26.2. The van der Waals surface area contributed by atoms with E-state index < -0.39 is 24.3 Å². The zero-order valence-corrected chi connectivity index (χ0v) is 26.2. The van der Waals surface area contributed by atoms with Gasteiger partial charge in [-0.2, -0.15) is 0 Å². The second-order valence-corrected chi connectivity index (χ2v) is 11.7. The predicted molar refractivity (Wildman–Crippen MR) is 168 cm³/mol. The van der Waals surface area contributed by atoms with Crippen LogP contribution in [0.4, 0.5) is 4.79 Å². The molecule has 0 fully saturated rings. The Hall–Kier alpha value is -3.32. The highest BCUT2D eigenvalue weighted by Gasteiger charge is 2.26. The van der Waals surface area contributed by atoms with Crippen molar-refractivity contribution in [2.75, 3.05) is 6.61 Å². The van der Waals surface area contributed by atoms with Crippen molar-refractivity contribution < 1.29 is 29.3 Å². The molecule has 7 heteroatoms. The number of aliphatic hydroxyl groups is 1. The first-order chi connectivity index (χ1) is 20.1. The number of carbonyl (C=O) groups excluding carboxylic acids is 2. The van der Waals surface area contributed by atoms with Gasteiger partial charge < -0.3 is 19.7 Å². The van der Waals surface area contributed by atoms with Crippen LogP contribution in [0, 0.1) is 5.92 Å². The average Bonchev–Trinajstić information content (AvgIpc) is 2.92. The summed E-state index contributed by atoms with van der Waals surface area (Å²) in [5.74, 6) is -0.644. The Balaban J connectivity index is 1.84. The number of phenols is 1. The Morgan fingerprint density at radius 1 is 1.07 bits per heavy atom. The number of aliphatic hydroxyl groups excluding tert-OH is 1. The molecule has 7 nitrogen and oxygen atoms in total. The number of cyclic esters (lactones) is 1. The van der Waals surface area contributed by atoms with E-state index in [-0.39, 0.29) is 30.3 Å². The van der Waals surface area contributed by atoms with Gasteiger partial charge in [-0.3, -0.25) is 5.32 Å². The summed E-state index contributed by atoms with van der Waals surface area (Å²) < 4.78 is 11.0. The van der Waals surface area contributed by atoms with Crippen LogP contribution in [0.2, 0.25) is 0 Å². The number of alkyl carbamates (subject to hydrolysis) is 1. The van der Waals surface area contributed by atoms with Crippen LogP contribution in [0.15, 0.2) is 65.4 Å². The van der Waals surface area contributed by atoms with Gasteiger partial charge in [0.15, 0.2) is 0 Å². The van der Waals surface area contributed by atoms with Gasteiger partial charge >= 0.3 is 12.1 Å². The number of carbonyl (C=O) groups is 2. The van der Waals surface area contributed by atoms with Crippen LogP contribution < -0.4 is 5.32 Å². The van der Waals surface area contributed by atoms with Crippen LogP contribution in [0.5, 0.6) is 5.75 Å². The third-order valence-corrected chi connectivity index (χ3v) is 7.61. The molecule has 0 aromatic heterocycles. The Morgan fingerprint density at radius 2 is 1.79 bits per heavy atom. The van der Waals surface area contributed by atoms with Gasteiger partial charge in [0.1, 0.15) is 24.0 Å². The maximum absolute atomic E-state index is 13.0. The van der Waals surface area contributed by atoms with Gasteiger partial charge in [-0.05, 0) is 96.3 Å². The summed E-state index contributed by atoms with van der Waals surface area (Å²) in [6.07, 6.45) is 15.6. The minimum atomic E-state index is -0.630. The maximum atomic E-state index is 13.0. The van der Waals surface area contributed by atoms with Gasteiger partial charge in [0.25, 0.3) is 0 Å². The molecule has 1 heterocycles. The SMILES string of the molecule is CC(C)=CCC/C(C)=C/CC/C(C)=C/COC(=O)N/C=C/CC1CC(O)C(C)CCCCc2cccc(O)c2C(=O)O1. The number of ether oxygens (including phenoxy) is 2. The van der Waals surface area contributed by atoms with E-state index in [0.717, 1.165) is 56.1 Å². The third-order valence-electron chi connectivity index (χ3n) is 7.61. The molecular weight excluding hydrogens is 530 g/mol. The summed E-state index contributed by atoms with van der Waals surface area (Å²) in [4.78, 5) is 25.2. The number of rotatable bonds is 11. The van der Waals surface area contributed by atoms with Crippen molar-refractivity contribution in [3.8, 4) is 5.75 Å². The Morgan fingerprint density at radius 3 is 2.52 bits per heavy atom. The predicted octanol–water partition coefficient (Wildman–Crippen LogP) is 8.08. The summed E-state index contributed by atoms with van der Waals surface area (Å²) in [5, 5.41) is 23.7. The van der Waals surface area contributed by atoms with Crippen molar-refractivity contribution in [2.45, 2.75) is 111 Å². The maximum Gasteiger partial charge on any atom is 0.411 e. The fourth-order valence-electron chi connectivity index (χ4n) is 4.90. The number of esters is 1. The lowest BCUT2D eigenvalue weighted by molar-refractivity contribution is 0.00529. The van der Waals surface area contributed by atoms with Gasteiger partial charge in [0.05, 0.1) is 6.10 Å². The molecule has 0 bridgehead atoms. The Labute approximate surface area is 252 Å². The molecule has 1 aliphatic rings. The van der Waals surface area contributed by atoms with Crippen LogP contribution in [0.1, 0.15) is 108 Å². The van der Waals surface area contributed by atoms with E-state index in [4.69, 9.17) is 9.47 Å². The molecule has 3 N–H and O–H groups in total. The number of hydrogen-bond acceptors (Lipinski definition) is 6. The number of phenolic OH excluding ortho intramolecular Hbond substituents is 1. The Kier molecular flexibility index (Phi) is 15.8. The van der Waals surface area contributed by atoms with Crippen molar-refractivity contribution in [3.05, 3.63) is 76.5 Å². The number of allylic oxidation sites excluding steroid dienone is 5. The highest BCUT2D eigenvalue weighted by Crippen LogP contribution is 2.28. The topological polar surface area (TPSA) is 105 Å². The highest BCUT2D eigenvalue weighted by atomic mass is 16.5. The number of amides is 1. The van der Waals surface area contributed by atoms with Crippen LogP contribution >= 0.6 is 0 Å². The van der Waals surface area contributed by atoms with Gasteiger partial charge in [-0.25, -0.2) is 9.59 Å². The normalized spacial score (nSPS) is 20.6. The second kappa shape index (κ2) is 19.0. The molecule has 0 spiro atoms. The van der Waals surface area contributed by atoms with E-state index in [2.05, 4.69) is 38.2 Å². The molecule has 0 radical (unpaired) electrons. The van der Waals surface area contributed by atoms with Crippen molar-refractivity contribution in [2.24, 2.45) is 5.92 Å². The first-order valence-corrected chi connectivity index (χ1v) is 15.3. The molecule has 1 aromatic carbocycles. The molecule has 0 aliphatic carbocycles. The minimum absolute atomic E-state index is 0.0652. The van der Waals surface area contributed by atoms with Crippen LogP contribution in [0.25, 0.3) is 0 Å². The quantitative estimate of drug-likeness (QED) is 0.180. The van der Waals surface area contributed by atoms with Crippen molar-refractivity contribution in [1.29, 1.82) is 0 Å². The van der Waals surface area contributed by atoms with Crippen LogP contribution in [-0.2, 0) is 15.9 Å². The van der Waals surface area contributed by atoms with Crippen LogP contribution in [-0.4, -0.2) is 41.1 Å². The summed E-state index contributed by atoms with van der Waals surface area (Å²) in [7, 11) is 0. The summed E-state index contributed by atoms with van der Waals surface area (Å²) in [5.41, 5.74) is 4.85. The molecule has 42 heavy (non-hydrogen) atoms. The second-order valence-electron chi connectivity index (χ2n) is 11.7. The molecule has 3 unspecified atom stereocenters. The minimum Gasteiger partial charge on any atom is -0.507 e. The number of fused-ring (bicyclic) bond motifs is 1. The molecule has 1 aliphatic heterocycles. The highest BCUT2D eigenvalue weighted by molar-refractivity contribution is 5.94. The third kappa shape index (κ3) is 13.6. The number of aryl methyl sites for hydroxylation is 1. The molecule has 0 saturated heterocycles. The molecule has 232 valence electrons. The van der Waals surface area contributed by atoms with E-state index in [9.17, 15) is 19.8 Å². The molecule has 3 atom stereocenters. The molecule has 0 saturated carbocycles. The van der Waals surface area contributed by atoms with Crippen molar-refractivity contribution >= 4 is 12.1 Å². The fraction of sp³-hybridized carbons (Fsp3) is 0.543.